The zero-order chi connectivity index (χ0) is 20.3. The van der Waals surface area contributed by atoms with Gasteiger partial charge in [0.25, 0.3) is 0 Å². The summed E-state index contributed by atoms with van der Waals surface area (Å²) in [6.45, 7) is 2.02. The molecule has 29 heavy (non-hydrogen) atoms. The summed E-state index contributed by atoms with van der Waals surface area (Å²) in [5.41, 5.74) is 2.01. The monoisotopic (exact) mass is 384 g/mol. The molecular formula is C26H24O3. The van der Waals surface area contributed by atoms with Gasteiger partial charge < -0.3 is 9.84 Å². The number of hydrogen-bond donors (Lipinski definition) is 1. The Morgan fingerprint density at radius 3 is 1.79 bits per heavy atom. The van der Waals surface area contributed by atoms with Crippen LogP contribution >= 0.6 is 0 Å². The number of carbonyl (C=O) groups excluding carboxylic acids is 1. The van der Waals surface area contributed by atoms with Crippen LogP contribution in [0.2, 0.25) is 0 Å². The van der Waals surface area contributed by atoms with Crippen molar-refractivity contribution in [1.82, 2.24) is 0 Å². The molecule has 3 aromatic carbocycles. The topological polar surface area (TPSA) is 46.5 Å². The molecule has 3 nitrogen and oxygen atoms in total. The summed E-state index contributed by atoms with van der Waals surface area (Å²) in [4.78, 5) is 13.3. The predicted molar refractivity (Wildman–Crippen MR) is 114 cm³/mol. The summed E-state index contributed by atoms with van der Waals surface area (Å²) in [7, 11) is 0. The molecule has 1 aliphatic heterocycles. The first-order chi connectivity index (χ1) is 14.2. The van der Waals surface area contributed by atoms with Crippen LogP contribution in [0, 0.1) is 0 Å². The lowest BCUT2D eigenvalue weighted by Crippen LogP contribution is -2.40. The van der Waals surface area contributed by atoms with Crippen molar-refractivity contribution in [2.45, 2.75) is 31.3 Å². The van der Waals surface area contributed by atoms with E-state index in [-0.39, 0.29) is 18.1 Å². The fraction of sp³-hybridized carbons (Fsp3) is 0.192. The Kier molecular flexibility index (Phi) is 5.22. The molecule has 1 heterocycles. The number of hydrogen-bond acceptors (Lipinski definition) is 3. The summed E-state index contributed by atoms with van der Waals surface area (Å²) < 4.78 is 6.18. The van der Waals surface area contributed by atoms with Gasteiger partial charge in [-0.25, -0.2) is 4.79 Å². The molecule has 0 spiro atoms. The number of aliphatic hydroxyl groups is 1. The van der Waals surface area contributed by atoms with Gasteiger partial charge >= 0.3 is 5.97 Å². The molecular weight excluding hydrogens is 360 g/mol. The van der Waals surface area contributed by atoms with Gasteiger partial charge in [-0.05, 0) is 12.0 Å². The van der Waals surface area contributed by atoms with Crippen LogP contribution in [0.3, 0.4) is 0 Å². The number of ether oxygens (including phenoxy) is 1. The van der Waals surface area contributed by atoms with Gasteiger partial charge in [0.15, 0.2) is 5.60 Å². The molecule has 0 radical (unpaired) electrons. The van der Waals surface area contributed by atoms with E-state index >= 15 is 0 Å². The summed E-state index contributed by atoms with van der Waals surface area (Å²) >= 11 is 0. The first-order valence-electron chi connectivity index (χ1n) is 9.97. The van der Waals surface area contributed by atoms with Crippen molar-refractivity contribution in [1.29, 1.82) is 0 Å². The van der Waals surface area contributed by atoms with Crippen molar-refractivity contribution in [2.75, 3.05) is 0 Å². The first-order valence-corrected chi connectivity index (χ1v) is 9.97. The average molecular weight is 384 g/mol. The minimum atomic E-state index is -1.04. The predicted octanol–water partition coefficient (Wildman–Crippen LogP) is 5.88. The lowest BCUT2D eigenvalue weighted by Gasteiger charge is -2.39. The molecule has 1 N–H and O–H groups in total. The smallest absolute Gasteiger partial charge is 0.339 e. The van der Waals surface area contributed by atoms with Gasteiger partial charge in [0.2, 0.25) is 0 Å². The zero-order valence-corrected chi connectivity index (χ0v) is 16.4. The summed E-state index contributed by atoms with van der Waals surface area (Å²) in [6, 6.07) is 29.1. The van der Waals surface area contributed by atoms with E-state index in [1.807, 2.05) is 97.9 Å². The van der Waals surface area contributed by atoms with Gasteiger partial charge in [0, 0.05) is 17.0 Å². The Labute approximate surface area is 171 Å². The lowest BCUT2D eigenvalue weighted by molar-refractivity contribution is -0.156. The van der Waals surface area contributed by atoms with Crippen LogP contribution in [0.4, 0.5) is 0 Å². The van der Waals surface area contributed by atoms with Crippen molar-refractivity contribution in [2.24, 2.45) is 0 Å². The summed E-state index contributed by atoms with van der Waals surface area (Å²) in [6.07, 6.45) is 0.910. The van der Waals surface area contributed by atoms with Crippen LogP contribution in [0.15, 0.2) is 102 Å². The molecule has 146 valence electrons. The molecule has 0 aliphatic carbocycles. The van der Waals surface area contributed by atoms with Gasteiger partial charge in [0.05, 0.1) is 12.0 Å². The fourth-order valence-electron chi connectivity index (χ4n) is 4.24. The molecule has 0 fully saturated rings. The number of esters is 1. The van der Waals surface area contributed by atoms with E-state index in [2.05, 4.69) is 0 Å². The van der Waals surface area contributed by atoms with Gasteiger partial charge in [-0.3, -0.25) is 0 Å². The highest BCUT2D eigenvalue weighted by Gasteiger charge is 2.46. The van der Waals surface area contributed by atoms with Gasteiger partial charge in [-0.2, -0.15) is 0 Å². The highest BCUT2D eigenvalue weighted by molar-refractivity contribution is 5.92. The van der Waals surface area contributed by atoms with Crippen LogP contribution in [0.1, 0.15) is 42.4 Å². The highest BCUT2D eigenvalue weighted by Crippen LogP contribution is 2.46. The molecule has 1 atom stereocenters. The minimum Gasteiger partial charge on any atom is -0.512 e. The molecule has 0 saturated heterocycles. The largest absolute Gasteiger partial charge is 0.512 e. The molecule has 4 rings (SSSR count). The van der Waals surface area contributed by atoms with Crippen LogP contribution in [-0.4, -0.2) is 11.1 Å². The zero-order valence-electron chi connectivity index (χ0n) is 16.4. The maximum Gasteiger partial charge on any atom is 0.339 e. The Bertz CT molecular complexity index is 968. The van der Waals surface area contributed by atoms with E-state index in [0.717, 1.165) is 16.7 Å². The first kappa shape index (κ1) is 19.0. The second-order valence-electron chi connectivity index (χ2n) is 7.36. The number of cyclic esters (lactones) is 1. The second kappa shape index (κ2) is 7.96. The molecule has 3 heteroatoms. The second-order valence-corrected chi connectivity index (χ2v) is 7.36. The summed E-state index contributed by atoms with van der Waals surface area (Å²) in [5, 5.41) is 11.1. The SMILES string of the molecule is CCC(C1=C(O)CC(c2ccccc2)(c2ccccc2)OC1=O)c1ccccc1. The normalized spacial score (nSPS) is 16.9. The molecule has 0 bridgehead atoms. The van der Waals surface area contributed by atoms with Gasteiger partial charge in [-0.1, -0.05) is 97.9 Å². The molecule has 0 saturated carbocycles. The van der Waals surface area contributed by atoms with Gasteiger partial charge in [-0.15, -0.1) is 0 Å². The Morgan fingerprint density at radius 2 is 1.34 bits per heavy atom. The van der Waals surface area contributed by atoms with Gasteiger partial charge in [0.1, 0.15) is 5.76 Å². The Morgan fingerprint density at radius 1 is 0.862 bits per heavy atom. The van der Waals surface area contributed by atoms with Crippen molar-refractivity contribution < 1.29 is 14.6 Å². The number of benzene rings is 3. The van der Waals surface area contributed by atoms with E-state index in [1.165, 1.54) is 0 Å². The van der Waals surface area contributed by atoms with Crippen molar-refractivity contribution >= 4 is 5.97 Å². The van der Waals surface area contributed by atoms with E-state index in [9.17, 15) is 9.90 Å². The third kappa shape index (κ3) is 3.44. The third-order valence-electron chi connectivity index (χ3n) is 5.65. The third-order valence-corrected chi connectivity index (χ3v) is 5.65. The van der Waals surface area contributed by atoms with Crippen molar-refractivity contribution in [3.8, 4) is 0 Å². The Hall–Kier alpha value is -3.33. The minimum absolute atomic E-state index is 0.102. The van der Waals surface area contributed by atoms with E-state index in [4.69, 9.17) is 4.74 Å². The maximum atomic E-state index is 13.3. The number of aliphatic hydroxyl groups excluding tert-OH is 1. The van der Waals surface area contributed by atoms with E-state index in [1.54, 1.807) is 0 Å². The highest BCUT2D eigenvalue weighted by atomic mass is 16.6. The molecule has 1 aliphatic rings. The van der Waals surface area contributed by atoms with Crippen LogP contribution in [-0.2, 0) is 15.1 Å². The Balaban J connectivity index is 1.84. The maximum absolute atomic E-state index is 13.3. The molecule has 0 amide bonds. The number of carbonyl (C=O) groups is 1. The average Bonchev–Trinajstić information content (AvgIpc) is 2.78. The quantitative estimate of drug-likeness (QED) is 0.559. The van der Waals surface area contributed by atoms with E-state index < -0.39 is 11.6 Å². The molecule has 1 unspecified atom stereocenters. The standard InChI is InChI=1S/C26H24O3/c1-2-22(19-12-6-3-7-13-19)24-23(27)18-26(29-25(24)28,20-14-8-4-9-15-20)21-16-10-5-11-17-21/h3-17,22,27H,2,18H2,1H3. The summed E-state index contributed by atoms with van der Waals surface area (Å²) in [5.74, 6) is -0.560. The van der Waals surface area contributed by atoms with Crippen LogP contribution < -0.4 is 0 Å². The molecule has 3 aromatic rings. The van der Waals surface area contributed by atoms with Crippen LogP contribution in [0.25, 0.3) is 0 Å². The molecule has 0 aromatic heterocycles. The van der Waals surface area contributed by atoms with E-state index in [0.29, 0.717) is 12.0 Å². The van der Waals surface area contributed by atoms with Crippen molar-refractivity contribution in [3.05, 3.63) is 119 Å². The van der Waals surface area contributed by atoms with Crippen LogP contribution in [0.5, 0.6) is 0 Å². The lowest BCUT2D eigenvalue weighted by atomic mass is 9.78. The number of rotatable bonds is 5. The fourth-order valence-corrected chi connectivity index (χ4v) is 4.24. The van der Waals surface area contributed by atoms with Crippen molar-refractivity contribution in [3.63, 3.8) is 0 Å².